The number of methoxy groups -OCH3 is 2. The lowest BCUT2D eigenvalue weighted by molar-refractivity contribution is -0.120. The molecule has 1 atom stereocenters. The first-order valence-corrected chi connectivity index (χ1v) is 13.6. The summed E-state index contributed by atoms with van der Waals surface area (Å²) in [6, 6.07) is 15.1. The molecule has 1 aliphatic carbocycles. The number of fused-ring (bicyclic) bond motifs is 1. The monoisotopic (exact) mass is 526 g/mol. The Hall–Kier alpha value is -3.59. The van der Waals surface area contributed by atoms with Crippen LogP contribution in [-0.4, -0.2) is 35.1 Å². The van der Waals surface area contributed by atoms with Crippen molar-refractivity contribution in [3.63, 3.8) is 0 Å². The van der Waals surface area contributed by atoms with Crippen LogP contribution in [0, 0.1) is 5.82 Å². The normalized spacial score (nSPS) is 13.8. The van der Waals surface area contributed by atoms with Crippen molar-refractivity contribution in [3.05, 3.63) is 83.2 Å². The van der Waals surface area contributed by atoms with Crippen LogP contribution in [0.2, 0.25) is 0 Å². The first-order valence-electron chi connectivity index (χ1n) is 12.1. The molecule has 37 heavy (non-hydrogen) atoms. The summed E-state index contributed by atoms with van der Waals surface area (Å²) in [7, 11) is -1.36. The molecule has 4 rings (SSSR count). The molecule has 0 radical (unpaired) electrons. The van der Waals surface area contributed by atoms with Crippen LogP contribution in [0.15, 0.2) is 65.6 Å². The van der Waals surface area contributed by atoms with E-state index in [9.17, 15) is 17.6 Å². The van der Waals surface area contributed by atoms with Gasteiger partial charge in [0.05, 0.1) is 30.8 Å². The average Bonchev–Trinajstić information content (AvgIpc) is 2.91. The summed E-state index contributed by atoms with van der Waals surface area (Å²) in [4.78, 5) is 13.0. The van der Waals surface area contributed by atoms with Crippen LogP contribution in [0.3, 0.4) is 0 Å². The molecule has 0 bridgehead atoms. The van der Waals surface area contributed by atoms with Crippen LogP contribution in [0.1, 0.15) is 42.5 Å². The van der Waals surface area contributed by atoms with Gasteiger partial charge in [0.1, 0.15) is 12.4 Å². The Morgan fingerprint density at radius 3 is 2.30 bits per heavy atom. The number of carbonyl (C=O) groups excluding carboxylic acids is 1. The molecule has 196 valence electrons. The molecule has 3 aromatic carbocycles. The van der Waals surface area contributed by atoms with Crippen molar-refractivity contribution in [2.75, 3.05) is 25.1 Å². The van der Waals surface area contributed by atoms with Gasteiger partial charge in [-0.3, -0.25) is 9.10 Å². The molecule has 0 saturated heterocycles. The van der Waals surface area contributed by atoms with Gasteiger partial charge in [0, 0.05) is 6.07 Å². The van der Waals surface area contributed by atoms with Crippen molar-refractivity contribution in [1.82, 2.24) is 5.32 Å². The summed E-state index contributed by atoms with van der Waals surface area (Å²) in [5.74, 6) is -0.407. The number of aryl methyl sites for hydroxylation is 2. The topological polar surface area (TPSA) is 84.9 Å². The zero-order chi connectivity index (χ0) is 26.6. The van der Waals surface area contributed by atoms with E-state index in [1.165, 1.54) is 62.1 Å². The highest BCUT2D eigenvalue weighted by molar-refractivity contribution is 7.92. The van der Waals surface area contributed by atoms with Gasteiger partial charge in [-0.1, -0.05) is 18.2 Å². The first kappa shape index (κ1) is 26.5. The number of hydrogen-bond acceptors (Lipinski definition) is 5. The summed E-state index contributed by atoms with van der Waals surface area (Å²) in [5.41, 5.74) is 3.77. The number of halogens is 1. The fraction of sp³-hybridized carbons (Fsp3) is 0.321. The quantitative estimate of drug-likeness (QED) is 0.433. The number of rotatable bonds is 9. The van der Waals surface area contributed by atoms with Crippen molar-refractivity contribution in [1.29, 1.82) is 0 Å². The minimum absolute atomic E-state index is 0.0926. The van der Waals surface area contributed by atoms with Gasteiger partial charge in [0.15, 0.2) is 11.5 Å². The molecule has 0 spiro atoms. The molecular weight excluding hydrogens is 495 g/mol. The van der Waals surface area contributed by atoms with Gasteiger partial charge in [-0.25, -0.2) is 12.8 Å². The molecule has 9 heteroatoms. The van der Waals surface area contributed by atoms with Gasteiger partial charge in [-0.05, 0) is 85.7 Å². The third-order valence-electron chi connectivity index (χ3n) is 6.59. The fourth-order valence-electron chi connectivity index (χ4n) is 4.55. The zero-order valence-corrected chi connectivity index (χ0v) is 22.0. The molecule has 0 aliphatic heterocycles. The zero-order valence-electron chi connectivity index (χ0n) is 21.2. The van der Waals surface area contributed by atoms with E-state index >= 15 is 0 Å². The highest BCUT2D eigenvalue weighted by Gasteiger charge is 2.29. The van der Waals surface area contributed by atoms with Gasteiger partial charge < -0.3 is 14.8 Å². The molecule has 1 aliphatic rings. The predicted molar refractivity (Wildman–Crippen MR) is 140 cm³/mol. The standard InChI is InChI=1S/C28H31FN2O5S/c1-19(21-9-8-20-6-4-5-7-22(20)16-21)30-28(32)18-31(24-12-10-23(29)11-13-24)37(33,34)25-14-15-26(35-2)27(17-25)36-3/h8-17,19H,4-7,18H2,1-3H3,(H,30,32). The summed E-state index contributed by atoms with van der Waals surface area (Å²) < 4.78 is 52.4. The minimum atomic E-state index is -4.22. The molecule has 3 aromatic rings. The van der Waals surface area contributed by atoms with Crippen LogP contribution in [0.4, 0.5) is 10.1 Å². The number of amides is 1. The Bertz CT molecular complexity index is 1380. The van der Waals surface area contributed by atoms with E-state index in [0.29, 0.717) is 5.75 Å². The second-order valence-electron chi connectivity index (χ2n) is 9.03. The molecule has 1 N–H and O–H groups in total. The average molecular weight is 527 g/mol. The summed E-state index contributed by atoms with van der Waals surface area (Å²) >= 11 is 0. The van der Waals surface area contributed by atoms with E-state index in [-0.39, 0.29) is 22.4 Å². The van der Waals surface area contributed by atoms with Gasteiger partial charge in [0.2, 0.25) is 5.91 Å². The van der Waals surface area contributed by atoms with Crippen molar-refractivity contribution in [2.24, 2.45) is 0 Å². The van der Waals surface area contributed by atoms with Gasteiger partial charge >= 0.3 is 0 Å². The molecule has 7 nitrogen and oxygen atoms in total. The molecule has 1 unspecified atom stereocenters. The molecule has 0 aromatic heterocycles. The summed E-state index contributed by atoms with van der Waals surface area (Å²) in [6.07, 6.45) is 4.42. The Morgan fingerprint density at radius 1 is 0.946 bits per heavy atom. The number of nitrogens with zero attached hydrogens (tertiary/aromatic N) is 1. The van der Waals surface area contributed by atoms with Crippen LogP contribution in [-0.2, 0) is 27.7 Å². The highest BCUT2D eigenvalue weighted by Crippen LogP contribution is 2.32. The van der Waals surface area contributed by atoms with Gasteiger partial charge in [-0.15, -0.1) is 0 Å². The molecule has 0 saturated carbocycles. The maximum Gasteiger partial charge on any atom is 0.264 e. The smallest absolute Gasteiger partial charge is 0.264 e. The Kier molecular flexibility index (Phi) is 8.02. The van der Waals surface area contributed by atoms with Crippen molar-refractivity contribution in [2.45, 2.75) is 43.5 Å². The molecule has 0 fully saturated rings. The van der Waals surface area contributed by atoms with E-state index < -0.39 is 28.3 Å². The number of carbonyl (C=O) groups is 1. The van der Waals surface area contributed by atoms with Crippen molar-refractivity contribution in [3.8, 4) is 11.5 Å². The van der Waals surface area contributed by atoms with Crippen LogP contribution in [0.5, 0.6) is 11.5 Å². The van der Waals surface area contributed by atoms with E-state index in [1.807, 2.05) is 13.0 Å². The number of sulfonamides is 1. The van der Waals surface area contributed by atoms with E-state index in [4.69, 9.17) is 9.47 Å². The highest BCUT2D eigenvalue weighted by atomic mass is 32.2. The lowest BCUT2D eigenvalue weighted by Crippen LogP contribution is -2.41. The largest absolute Gasteiger partial charge is 0.493 e. The van der Waals surface area contributed by atoms with Crippen molar-refractivity contribution < 1.29 is 27.1 Å². The number of hydrogen-bond donors (Lipinski definition) is 1. The van der Waals surface area contributed by atoms with Crippen molar-refractivity contribution >= 4 is 21.6 Å². The molecule has 0 heterocycles. The lowest BCUT2D eigenvalue weighted by atomic mass is 9.89. The van der Waals surface area contributed by atoms with Gasteiger partial charge in [-0.2, -0.15) is 0 Å². The van der Waals surface area contributed by atoms with Crippen LogP contribution < -0.4 is 19.1 Å². The Morgan fingerprint density at radius 2 is 1.62 bits per heavy atom. The number of nitrogens with one attached hydrogen (secondary N) is 1. The maximum absolute atomic E-state index is 13.7. The lowest BCUT2D eigenvalue weighted by Gasteiger charge is -2.26. The van der Waals surface area contributed by atoms with Crippen LogP contribution in [0.25, 0.3) is 0 Å². The first-order chi connectivity index (χ1) is 17.7. The SMILES string of the molecule is COc1ccc(S(=O)(=O)N(CC(=O)NC(C)c2ccc3c(c2)CCCC3)c2ccc(F)cc2)cc1OC. The van der Waals surface area contributed by atoms with Gasteiger partial charge in [0.25, 0.3) is 10.0 Å². The Balaban J connectivity index is 1.60. The summed E-state index contributed by atoms with van der Waals surface area (Å²) in [5, 5.41) is 2.92. The summed E-state index contributed by atoms with van der Waals surface area (Å²) in [6.45, 7) is 1.38. The second kappa shape index (κ2) is 11.2. The third-order valence-corrected chi connectivity index (χ3v) is 8.36. The van der Waals surface area contributed by atoms with E-state index in [1.54, 1.807) is 0 Å². The van der Waals surface area contributed by atoms with E-state index in [2.05, 4.69) is 17.4 Å². The number of anilines is 1. The number of benzene rings is 3. The minimum Gasteiger partial charge on any atom is -0.493 e. The fourth-order valence-corrected chi connectivity index (χ4v) is 5.99. The van der Waals surface area contributed by atoms with E-state index in [0.717, 1.165) is 41.3 Å². The Labute approximate surface area is 217 Å². The van der Waals surface area contributed by atoms with Crippen LogP contribution >= 0.6 is 0 Å². The second-order valence-corrected chi connectivity index (χ2v) is 10.9. The molecule has 1 amide bonds. The third kappa shape index (κ3) is 5.88. The maximum atomic E-state index is 13.7. The predicted octanol–water partition coefficient (Wildman–Crippen LogP) is 4.79. The molecular formula is C28H31FN2O5S. The number of ether oxygens (including phenoxy) is 2.